The van der Waals surface area contributed by atoms with Crippen LogP contribution in [0.1, 0.15) is 21.5 Å². The van der Waals surface area contributed by atoms with Crippen molar-refractivity contribution in [3.8, 4) is 5.88 Å². The number of hydrogen-bond donors (Lipinski definition) is 1. The maximum atomic E-state index is 13.0. The molecule has 0 bridgehead atoms. The van der Waals surface area contributed by atoms with E-state index in [2.05, 4.69) is 0 Å². The highest BCUT2D eigenvalue weighted by Crippen LogP contribution is 2.34. The van der Waals surface area contributed by atoms with E-state index in [0.29, 0.717) is 22.7 Å². The average Bonchev–Trinajstić information content (AvgIpc) is 2.95. The van der Waals surface area contributed by atoms with Gasteiger partial charge in [0.15, 0.2) is 5.78 Å². The fourth-order valence-electron chi connectivity index (χ4n) is 3.19. The van der Waals surface area contributed by atoms with Crippen LogP contribution in [-0.4, -0.2) is 15.5 Å². The van der Waals surface area contributed by atoms with E-state index in [1.54, 1.807) is 28.8 Å². The molecule has 0 aliphatic carbocycles. The molecular formula is C22H16ClNO2. The lowest BCUT2D eigenvalue weighted by molar-refractivity contribution is 0.103. The normalized spacial score (nSPS) is 11.0. The largest absolute Gasteiger partial charge is 0.494 e. The first-order chi connectivity index (χ1) is 12.6. The van der Waals surface area contributed by atoms with E-state index in [0.717, 1.165) is 16.5 Å². The Morgan fingerprint density at radius 3 is 2.27 bits per heavy atom. The second-order valence-corrected chi connectivity index (χ2v) is 6.56. The van der Waals surface area contributed by atoms with Gasteiger partial charge in [-0.05, 0) is 35.9 Å². The van der Waals surface area contributed by atoms with Gasteiger partial charge in [0, 0.05) is 16.0 Å². The molecule has 0 atom stereocenters. The van der Waals surface area contributed by atoms with Crippen LogP contribution in [-0.2, 0) is 6.54 Å². The molecule has 0 aliphatic rings. The lowest BCUT2D eigenvalue weighted by Crippen LogP contribution is -2.02. The van der Waals surface area contributed by atoms with Gasteiger partial charge in [-0.15, -0.1) is 0 Å². The van der Waals surface area contributed by atoms with Gasteiger partial charge in [-0.25, -0.2) is 0 Å². The summed E-state index contributed by atoms with van der Waals surface area (Å²) in [5, 5.41) is 12.2. The van der Waals surface area contributed by atoms with E-state index in [4.69, 9.17) is 11.6 Å². The molecule has 0 aliphatic heterocycles. The molecule has 4 aromatic rings. The number of ketones is 1. The van der Waals surface area contributed by atoms with Gasteiger partial charge in [-0.3, -0.25) is 4.79 Å². The molecule has 0 saturated carbocycles. The molecule has 0 radical (unpaired) electrons. The average molecular weight is 362 g/mol. The minimum absolute atomic E-state index is 0.0185. The SMILES string of the molecule is O=C(c1ccc(Cl)cc1)c1c(O)n(Cc2ccccc2)c2ccccc12. The van der Waals surface area contributed by atoms with Crippen molar-refractivity contribution >= 4 is 28.3 Å². The Bertz CT molecular complexity index is 1080. The Hall–Kier alpha value is -3.04. The van der Waals surface area contributed by atoms with Crippen LogP contribution >= 0.6 is 11.6 Å². The summed E-state index contributed by atoms with van der Waals surface area (Å²) >= 11 is 5.92. The van der Waals surface area contributed by atoms with Crippen molar-refractivity contribution in [3.63, 3.8) is 0 Å². The van der Waals surface area contributed by atoms with Gasteiger partial charge in [0.05, 0.1) is 17.6 Å². The molecule has 1 N–H and O–H groups in total. The van der Waals surface area contributed by atoms with Crippen LogP contribution in [0.15, 0.2) is 78.9 Å². The molecular weight excluding hydrogens is 346 g/mol. The van der Waals surface area contributed by atoms with E-state index in [9.17, 15) is 9.90 Å². The molecule has 4 heteroatoms. The van der Waals surface area contributed by atoms with Crippen molar-refractivity contribution in [1.29, 1.82) is 0 Å². The van der Waals surface area contributed by atoms with Crippen LogP contribution in [0.25, 0.3) is 10.9 Å². The van der Waals surface area contributed by atoms with Crippen molar-refractivity contribution in [1.82, 2.24) is 4.57 Å². The summed E-state index contributed by atoms with van der Waals surface area (Å²) in [7, 11) is 0. The molecule has 1 aromatic heterocycles. The predicted octanol–water partition coefficient (Wildman–Crippen LogP) is 5.28. The fourth-order valence-corrected chi connectivity index (χ4v) is 3.31. The van der Waals surface area contributed by atoms with Gasteiger partial charge in [0.2, 0.25) is 5.88 Å². The second-order valence-electron chi connectivity index (χ2n) is 6.12. The minimum atomic E-state index is -0.220. The first-order valence-electron chi connectivity index (χ1n) is 8.29. The van der Waals surface area contributed by atoms with Gasteiger partial charge in [-0.2, -0.15) is 0 Å². The Labute approximate surface area is 156 Å². The number of rotatable bonds is 4. The van der Waals surface area contributed by atoms with Crippen LogP contribution in [0.4, 0.5) is 0 Å². The highest BCUT2D eigenvalue weighted by atomic mass is 35.5. The maximum Gasteiger partial charge on any atom is 0.203 e. The molecule has 0 unspecified atom stereocenters. The van der Waals surface area contributed by atoms with Crippen molar-refractivity contribution in [2.45, 2.75) is 6.54 Å². The van der Waals surface area contributed by atoms with Crippen molar-refractivity contribution in [2.24, 2.45) is 0 Å². The summed E-state index contributed by atoms with van der Waals surface area (Å²) in [6.45, 7) is 0.487. The topological polar surface area (TPSA) is 42.2 Å². The number of carbonyl (C=O) groups excluding carboxylic acids is 1. The van der Waals surface area contributed by atoms with E-state index >= 15 is 0 Å². The van der Waals surface area contributed by atoms with E-state index < -0.39 is 0 Å². The number of carbonyl (C=O) groups is 1. The van der Waals surface area contributed by atoms with Crippen LogP contribution in [0.2, 0.25) is 5.02 Å². The molecule has 0 amide bonds. The zero-order valence-electron chi connectivity index (χ0n) is 13.9. The maximum absolute atomic E-state index is 13.0. The van der Waals surface area contributed by atoms with E-state index in [1.807, 2.05) is 54.6 Å². The summed E-state index contributed by atoms with van der Waals surface area (Å²) in [4.78, 5) is 13.0. The third-order valence-corrected chi connectivity index (χ3v) is 4.71. The number of fused-ring (bicyclic) bond motifs is 1. The number of benzene rings is 3. The molecule has 1 heterocycles. The van der Waals surface area contributed by atoms with Crippen molar-refractivity contribution in [2.75, 3.05) is 0 Å². The molecule has 4 rings (SSSR count). The van der Waals surface area contributed by atoms with Gasteiger partial charge in [-0.1, -0.05) is 60.1 Å². The number of halogens is 1. The number of hydrogen-bond acceptors (Lipinski definition) is 2. The molecule has 0 spiro atoms. The Morgan fingerprint density at radius 1 is 0.885 bits per heavy atom. The smallest absolute Gasteiger partial charge is 0.203 e. The highest BCUT2D eigenvalue weighted by molar-refractivity contribution is 6.30. The molecule has 0 saturated heterocycles. The zero-order valence-corrected chi connectivity index (χ0v) is 14.6. The highest BCUT2D eigenvalue weighted by Gasteiger charge is 2.23. The quantitative estimate of drug-likeness (QED) is 0.502. The first-order valence-corrected chi connectivity index (χ1v) is 8.67. The van der Waals surface area contributed by atoms with Gasteiger partial charge in [0.1, 0.15) is 0 Å². The van der Waals surface area contributed by atoms with Gasteiger partial charge in [0.25, 0.3) is 0 Å². The fraction of sp³-hybridized carbons (Fsp3) is 0.0455. The molecule has 3 aromatic carbocycles. The van der Waals surface area contributed by atoms with Crippen LogP contribution < -0.4 is 0 Å². The predicted molar refractivity (Wildman–Crippen MR) is 104 cm³/mol. The number of nitrogens with zero attached hydrogens (tertiary/aromatic N) is 1. The lowest BCUT2D eigenvalue weighted by Gasteiger charge is -2.07. The molecule has 128 valence electrons. The minimum Gasteiger partial charge on any atom is -0.494 e. The monoisotopic (exact) mass is 361 g/mol. The number of aromatic nitrogens is 1. The Morgan fingerprint density at radius 2 is 1.54 bits per heavy atom. The summed E-state index contributed by atoms with van der Waals surface area (Å²) in [5.74, 6) is -0.239. The molecule has 26 heavy (non-hydrogen) atoms. The van der Waals surface area contributed by atoms with Gasteiger partial charge >= 0.3 is 0 Å². The van der Waals surface area contributed by atoms with Crippen molar-refractivity contribution in [3.05, 3.63) is 101 Å². The summed E-state index contributed by atoms with van der Waals surface area (Å²) in [6, 6.07) is 24.1. The summed E-state index contributed by atoms with van der Waals surface area (Å²) in [5.41, 5.74) is 2.69. The second kappa shape index (κ2) is 6.70. The van der Waals surface area contributed by atoms with Crippen LogP contribution in [0, 0.1) is 0 Å². The number of para-hydroxylation sites is 1. The summed E-state index contributed by atoms with van der Waals surface area (Å²) in [6.07, 6.45) is 0. The van der Waals surface area contributed by atoms with Crippen LogP contribution in [0.3, 0.4) is 0 Å². The molecule has 3 nitrogen and oxygen atoms in total. The van der Waals surface area contributed by atoms with Crippen molar-refractivity contribution < 1.29 is 9.90 Å². The Kier molecular flexibility index (Phi) is 4.23. The van der Waals surface area contributed by atoms with E-state index in [-0.39, 0.29) is 11.7 Å². The lowest BCUT2D eigenvalue weighted by atomic mass is 10.0. The van der Waals surface area contributed by atoms with E-state index in [1.165, 1.54) is 0 Å². The summed E-state index contributed by atoms with van der Waals surface area (Å²) < 4.78 is 1.77. The standard InChI is InChI=1S/C22H16ClNO2/c23-17-12-10-16(11-13-17)21(25)20-18-8-4-5-9-19(18)24(22(20)26)14-15-6-2-1-3-7-15/h1-13,26H,14H2. The third kappa shape index (κ3) is 2.87. The first kappa shape index (κ1) is 16.4. The van der Waals surface area contributed by atoms with Gasteiger partial charge < -0.3 is 9.67 Å². The third-order valence-electron chi connectivity index (χ3n) is 4.46. The number of aromatic hydroxyl groups is 1. The Balaban J connectivity index is 1.86. The zero-order chi connectivity index (χ0) is 18.1. The van der Waals surface area contributed by atoms with Crippen LogP contribution in [0.5, 0.6) is 5.88 Å². The molecule has 0 fully saturated rings.